The lowest BCUT2D eigenvalue weighted by atomic mass is 10.1. The van der Waals surface area contributed by atoms with Crippen molar-refractivity contribution >= 4 is 6.08 Å². The molecule has 0 unspecified atom stereocenters. The van der Waals surface area contributed by atoms with E-state index in [9.17, 15) is 0 Å². The quantitative estimate of drug-likeness (QED) is 0.645. The first-order valence-corrected chi connectivity index (χ1v) is 5.68. The molecule has 0 fully saturated rings. The van der Waals surface area contributed by atoms with Gasteiger partial charge >= 0.3 is 0 Å². The maximum absolute atomic E-state index is 3.76. The summed E-state index contributed by atoms with van der Waals surface area (Å²) in [5.41, 5.74) is 2.60. The molecule has 0 aromatic heterocycles. The standard InChI is InChI=1S/C14H22N/c1-5-13-8-10-14(11-9-13)12-15(4,6-2)7-3/h5,8-11H,1,6-7,12H2,2-4H3/q+1. The summed E-state index contributed by atoms with van der Waals surface area (Å²) in [5.74, 6) is 0. The second kappa shape index (κ2) is 5.13. The third kappa shape index (κ3) is 3.21. The predicted molar refractivity (Wildman–Crippen MR) is 67.5 cm³/mol. The van der Waals surface area contributed by atoms with E-state index in [1.54, 1.807) is 0 Å². The third-order valence-electron chi connectivity index (χ3n) is 3.31. The summed E-state index contributed by atoms with van der Waals surface area (Å²) in [6.45, 7) is 11.7. The lowest BCUT2D eigenvalue weighted by Crippen LogP contribution is -2.42. The van der Waals surface area contributed by atoms with Crippen molar-refractivity contribution in [1.29, 1.82) is 0 Å². The van der Waals surface area contributed by atoms with Crippen molar-refractivity contribution in [2.45, 2.75) is 20.4 Å². The van der Waals surface area contributed by atoms with Gasteiger partial charge in [-0.2, -0.15) is 0 Å². The molecule has 0 saturated carbocycles. The van der Waals surface area contributed by atoms with E-state index in [1.807, 2.05) is 6.08 Å². The van der Waals surface area contributed by atoms with Crippen LogP contribution in [0.5, 0.6) is 0 Å². The Labute approximate surface area is 93.6 Å². The summed E-state index contributed by atoms with van der Waals surface area (Å²) in [6.07, 6.45) is 1.89. The van der Waals surface area contributed by atoms with Crippen LogP contribution in [0, 0.1) is 0 Å². The van der Waals surface area contributed by atoms with Gasteiger partial charge in [0.15, 0.2) is 0 Å². The molecule has 1 rings (SSSR count). The van der Waals surface area contributed by atoms with Crippen LogP contribution in [0.3, 0.4) is 0 Å². The number of hydrogen-bond acceptors (Lipinski definition) is 0. The van der Waals surface area contributed by atoms with Crippen LogP contribution in [0.25, 0.3) is 6.08 Å². The highest BCUT2D eigenvalue weighted by atomic mass is 15.3. The molecule has 0 aliphatic heterocycles. The van der Waals surface area contributed by atoms with Crippen molar-refractivity contribution < 1.29 is 4.48 Å². The third-order valence-corrected chi connectivity index (χ3v) is 3.31. The van der Waals surface area contributed by atoms with Crippen LogP contribution in [0.15, 0.2) is 30.8 Å². The van der Waals surface area contributed by atoms with E-state index in [-0.39, 0.29) is 0 Å². The van der Waals surface area contributed by atoms with E-state index in [1.165, 1.54) is 24.2 Å². The van der Waals surface area contributed by atoms with E-state index < -0.39 is 0 Å². The van der Waals surface area contributed by atoms with Crippen molar-refractivity contribution in [2.24, 2.45) is 0 Å². The van der Waals surface area contributed by atoms with Gasteiger partial charge in [0.1, 0.15) is 6.54 Å². The van der Waals surface area contributed by atoms with Crippen molar-refractivity contribution in [1.82, 2.24) is 0 Å². The Morgan fingerprint density at radius 3 is 2.07 bits per heavy atom. The Morgan fingerprint density at radius 1 is 1.13 bits per heavy atom. The Hall–Kier alpha value is -1.08. The first-order chi connectivity index (χ1) is 7.13. The fourth-order valence-electron chi connectivity index (χ4n) is 1.65. The first-order valence-electron chi connectivity index (χ1n) is 5.68. The van der Waals surface area contributed by atoms with Gasteiger partial charge in [-0.15, -0.1) is 0 Å². The molecule has 0 N–H and O–H groups in total. The van der Waals surface area contributed by atoms with Gasteiger partial charge in [0, 0.05) is 5.56 Å². The van der Waals surface area contributed by atoms with Crippen LogP contribution in [-0.2, 0) is 6.54 Å². The number of nitrogens with zero attached hydrogens (tertiary/aromatic N) is 1. The molecule has 15 heavy (non-hydrogen) atoms. The zero-order chi connectivity index (χ0) is 11.3. The normalized spacial score (nSPS) is 11.4. The Bertz CT molecular complexity index is 307. The van der Waals surface area contributed by atoms with Crippen LogP contribution >= 0.6 is 0 Å². The van der Waals surface area contributed by atoms with Gasteiger partial charge < -0.3 is 4.48 Å². The van der Waals surface area contributed by atoms with E-state index in [4.69, 9.17) is 0 Å². The molecule has 0 radical (unpaired) electrons. The summed E-state index contributed by atoms with van der Waals surface area (Å²) in [5, 5.41) is 0. The lowest BCUT2D eigenvalue weighted by molar-refractivity contribution is -0.919. The molecule has 0 amide bonds. The highest BCUT2D eigenvalue weighted by Crippen LogP contribution is 2.12. The predicted octanol–water partition coefficient (Wildman–Crippen LogP) is 3.32. The van der Waals surface area contributed by atoms with Gasteiger partial charge in [0.2, 0.25) is 0 Å². The zero-order valence-corrected chi connectivity index (χ0v) is 10.2. The summed E-state index contributed by atoms with van der Waals surface area (Å²) in [4.78, 5) is 0. The molecule has 0 aliphatic carbocycles. The van der Waals surface area contributed by atoms with Crippen molar-refractivity contribution in [3.8, 4) is 0 Å². The van der Waals surface area contributed by atoms with Gasteiger partial charge in [-0.05, 0) is 19.4 Å². The van der Waals surface area contributed by atoms with Crippen molar-refractivity contribution in [3.05, 3.63) is 42.0 Å². The number of hydrogen-bond donors (Lipinski definition) is 0. The second-order valence-corrected chi connectivity index (χ2v) is 4.36. The topological polar surface area (TPSA) is 0 Å². The molecule has 1 aromatic rings. The van der Waals surface area contributed by atoms with E-state index >= 15 is 0 Å². The fourth-order valence-corrected chi connectivity index (χ4v) is 1.65. The number of rotatable bonds is 5. The maximum Gasteiger partial charge on any atom is 0.104 e. The van der Waals surface area contributed by atoms with Crippen LogP contribution in [0.4, 0.5) is 0 Å². The molecular weight excluding hydrogens is 182 g/mol. The highest BCUT2D eigenvalue weighted by Gasteiger charge is 2.16. The summed E-state index contributed by atoms with van der Waals surface area (Å²) < 4.78 is 1.10. The van der Waals surface area contributed by atoms with Crippen LogP contribution in [-0.4, -0.2) is 24.6 Å². The molecule has 0 bridgehead atoms. The monoisotopic (exact) mass is 204 g/mol. The average Bonchev–Trinajstić information content (AvgIpc) is 2.30. The highest BCUT2D eigenvalue weighted by molar-refractivity contribution is 5.47. The summed E-state index contributed by atoms with van der Waals surface area (Å²) in [7, 11) is 2.31. The van der Waals surface area contributed by atoms with E-state index in [2.05, 4.69) is 51.7 Å². The molecule has 82 valence electrons. The van der Waals surface area contributed by atoms with Gasteiger partial charge in [0.25, 0.3) is 0 Å². The number of benzene rings is 1. The maximum atomic E-state index is 3.76. The van der Waals surface area contributed by atoms with Gasteiger partial charge in [-0.1, -0.05) is 36.9 Å². The molecule has 1 heteroatoms. The van der Waals surface area contributed by atoms with Gasteiger partial charge in [0.05, 0.1) is 20.1 Å². The Morgan fingerprint density at radius 2 is 1.67 bits per heavy atom. The van der Waals surface area contributed by atoms with Crippen LogP contribution in [0.1, 0.15) is 25.0 Å². The second-order valence-electron chi connectivity index (χ2n) is 4.36. The largest absolute Gasteiger partial charge is 0.323 e. The summed E-state index contributed by atoms with van der Waals surface area (Å²) in [6, 6.07) is 8.69. The molecule has 0 atom stereocenters. The molecule has 0 spiro atoms. The molecule has 0 aliphatic rings. The van der Waals surface area contributed by atoms with E-state index in [0.29, 0.717) is 0 Å². The van der Waals surface area contributed by atoms with Gasteiger partial charge in [-0.25, -0.2) is 0 Å². The molecule has 0 heterocycles. The van der Waals surface area contributed by atoms with Crippen molar-refractivity contribution in [3.63, 3.8) is 0 Å². The molecular formula is C14H22N+. The smallest absolute Gasteiger partial charge is 0.104 e. The molecule has 0 saturated heterocycles. The molecule has 1 nitrogen and oxygen atoms in total. The summed E-state index contributed by atoms with van der Waals surface area (Å²) >= 11 is 0. The van der Waals surface area contributed by atoms with Crippen molar-refractivity contribution in [2.75, 3.05) is 20.1 Å². The van der Waals surface area contributed by atoms with E-state index in [0.717, 1.165) is 11.0 Å². The zero-order valence-electron chi connectivity index (χ0n) is 10.2. The van der Waals surface area contributed by atoms with Crippen LogP contribution in [0.2, 0.25) is 0 Å². The first kappa shape index (κ1) is 12.0. The number of quaternary nitrogens is 1. The minimum Gasteiger partial charge on any atom is -0.323 e. The van der Waals surface area contributed by atoms with Gasteiger partial charge in [-0.3, -0.25) is 0 Å². The lowest BCUT2D eigenvalue weighted by Gasteiger charge is -2.32. The Kier molecular flexibility index (Phi) is 4.10. The minimum atomic E-state index is 1.10. The fraction of sp³-hybridized carbons (Fsp3) is 0.429. The molecule has 1 aromatic carbocycles. The SMILES string of the molecule is C=Cc1ccc(C[N+](C)(CC)CC)cc1. The average molecular weight is 204 g/mol. The van der Waals surface area contributed by atoms with Crippen LogP contribution < -0.4 is 0 Å². The minimum absolute atomic E-state index is 1.10. The Balaban J connectivity index is 2.76.